The molecule has 128 valence electrons. The van der Waals surface area contributed by atoms with E-state index in [4.69, 9.17) is 9.84 Å². The van der Waals surface area contributed by atoms with E-state index >= 15 is 0 Å². The smallest absolute Gasteiger partial charge is 0.339 e. The van der Waals surface area contributed by atoms with E-state index in [-0.39, 0.29) is 23.8 Å². The van der Waals surface area contributed by atoms with Crippen LogP contribution in [-0.2, 0) is 11.2 Å². The zero-order valence-electron chi connectivity index (χ0n) is 13.5. The largest absolute Gasteiger partial charge is 0.483 e. The highest BCUT2D eigenvalue weighted by atomic mass is 16.5. The zero-order chi connectivity index (χ0) is 17.6. The van der Waals surface area contributed by atoms with E-state index in [1.165, 1.54) is 12.1 Å². The SMILES string of the molecule is O=C(COc1ccccc1C(=O)O)NCCc1c[nH]c2ccccc12. The summed E-state index contributed by atoms with van der Waals surface area (Å²) in [5.74, 6) is -1.20. The molecule has 0 fully saturated rings. The van der Waals surface area contributed by atoms with Crippen molar-refractivity contribution in [3.05, 3.63) is 65.9 Å². The van der Waals surface area contributed by atoms with Gasteiger partial charge >= 0.3 is 5.97 Å². The number of hydrogen-bond acceptors (Lipinski definition) is 3. The van der Waals surface area contributed by atoms with Crippen molar-refractivity contribution in [3.63, 3.8) is 0 Å². The molecule has 0 atom stereocenters. The molecule has 0 aliphatic carbocycles. The molecule has 3 N–H and O–H groups in total. The average Bonchev–Trinajstić information content (AvgIpc) is 3.03. The van der Waals surface area contributed by atoms with Crippen molar-refractivity contribution in [1.82, 2.24) is 10.3 Å². The number of carbonyl (C=O) groups is 2. The quantitative estimate of drug-likeness (QED) is 0.617. The van der Waals surface area contributed by atoms with E-state index in [0.717, 1.165) is 16.5 Å². The van der Waals surface area contributed by atoms with E-state index in [2.05, 4.69) is 10.3 Å². The van der Waals surface area contributed by atoms with Crippen molar-refractivity contribution >= 4 is 22.8 Å². The Kier molecular flexibility index (Phi) is 4.99. The molecule has 1 aromatic heterocycles. The molecule has 0 unspecified atom stereocenters. The molecule has 2 aromatic carbocycles. The number of carboxylic acid groups (broad SMARTS) is 1. The first kappa shape index (κ1) is 16.6. The predicted octanol–water partition coefficient (Wildman–Crippen LogP) is 2.60. The summed E-state index contributed by atoms with van der Waals surface area (Å²) in [5.41, 5.74) is 2.24. The van der Waals surface area contributed by atoms with Gasteiger partial charge in [0.15, 0.2) is 6.61 Å². The summed E-state index contributed by atoms with van der Waals surface area (Å²) in [6.07, 6.45) is 2.64. The highest BCUT2D eigenvalue weighted by molar-refractivity contribution is 5.91. The number of para-hydroxylation sites is 2. The van der Waals surface area contributed by atoms with Gasteiger partial charge in [0.25, 0.3) is 5.91 Å². The van der Waals surface area contributed by atoms with Crippen molar-refractivity contribution in [2.24, 2.45) is 0 Å². The van der Waals surface area contributed by atoms with Crippen LogP contribution >= 0.6 is 0 Å². The van der Waals surface area contributed by atoms with E-state index in [9.17, 15) is 9.59 Å². The molecule has 0 aliphatic heterocycles. The van der Waals surface area contributed by atoms with Gasteiger partial charge in [0, 0.05) is 23.6 Å². The number of hydrogen-bond donors (Lipinski definition) is 3. The second-order valence-electron chi connectivity index (χ2n) is 5.55. The van der Waals surface area contributed by atoms with Gasteiger partial charge in [-0.1, -0.05) is 30.3 Å². The number of fused-ring (bicyclic) bond motifs is 1. The number of carbonyl (C=O) groups excluding carboxylic acids is 1. The highest BCUT2D eigenvalue weighted by Gasteiger charge is 2.11. The van der Waals surface area contributed by atoms with Crippen LogP contribution in [0.25, 0.3) is 10.9 Å². The number of benzene rings is 2. The lowest BCUT2D eigenvalue weighted by molar-refractivity contribution is -0.123. The Labute approximate surface area is 144 Å². The van der Waals surface area contributed by atoms with Crippen molar-refractivity contribution in [1.29, 1.82) is 0 Å². The molecule has 0 saturated heterocycles. The van der Waals surface area contributed by atoms with Crippen LogP contribution in [-0.4, -0.2) is 35.1 Å². The zero-order valence-corrected chi connectivity index (χ0v) is 13.5. The number of aromatic amines is 1. The first-order chi connectivity index (χ1) is 12.1. The molecule has 6 nitrogen and oxygen atoms in total. The maximum atomic E-state index is 11.9. The number of carboxylic acids is 1. The van der Waals surface area contributed by atoms with Crippen LogP contribution in [0.4, 0.5) is 0 Å². The molecule has 25 heavy (non-hydrogen) atoms. The fraction of sp³-hybridized carbons (Fsp3) is 0.158. The first-order valence-electron chi connectivity index (χ1n) is 7.92. The standard InChI is InChI=1S/C19H18N2O4/c22-18(12-25-17-8-4-2-6-15(17)19(23)24)20-10-9-13-11-21-16-7-3-1-5-14(13)16/h1-8,11,21H,9-10,12H2,(H,20,22)(H,23,24). The van der Waals surface area contributed by atoms with E-state index in [0.29, 0.717) is 13.0 Å². The van der Waals surface area contributed by atoms with Crippen molar-refractivity contribution < 1.29 is 19.4 Å². The fourth-order valence-electron chi connectivity index (χ4n) is 2.64. The summed E-state index contributed by atoms with van der Waals surface area (Å²) in [4.78, 5) is 26.2. The molecule has 0 radical (unpaired) electrons. The summed E-state index contributed by atoms with van der Waals surface area (Å²) < 4.78 is 5.32. The third kappa shape index (κ3) is 3.98. The number of rotatable bonds is 7. The van der Waals surface area contributed by atoms with Crippen LogP contribution in [0, 0.1) is 0 Å². The Hall–Kier alpha value is -3.28. The van der Waals surface area contributed by atoms with Gasteiger partial charge < -0.3 is 20.1 Å². The van der Waals surface area contributed by atoms with E-state index in [1.807, 2.05) is 30.5 Å². The molecule has 0 spiro atoms. The number of aromatic nitrogens is 1. The van der Waals surface area contributed by atoms with Crippen LogP contribution in [0.15, 0.2) is 54.7 Å². The Morgan fingerprint density at radius 2 is 1.84 bits per heavy atom. The topological polar surface area (TPSA) is 91.4 Å². The summed E-state index contributed by atoms with van der Waals surface area (Å²) in [7, 11) is 0. The van der Waals surface area contributed by atoms with E-state index in [1.54, 1.807) is 12.1 Å². The van der Waals surface area contributed by atoms with Gasteiger partial charge in [-0.15, -0.1) is 0 Å². The molecule has 3 aromatic rings. The number of H-pyrrole nitrogens is 1. The summed E-state index contributed by atoms with van der Waals surface area (Å²) >= 11 is 0. The maximum Gasteiger partial charge on any atom is 0.339 e. The monoisotopic (exact) mass is 338 g/mol. The molecule has 6 heteroatoms. The lowest BCUT2D eigenvalue weighted by atomic mass is 10.1. The van der Waals surface area contributed by atoms with Crippen LogP contribution in [0.1, 0.15) is 15.9 Å². The molecule has 1 heterocycles. The average molecular weight is 338 g/mol. The molecule has 3 rings (SSSR count). The predicted molar refractivity (Wildman–Crippen MR) is 93.9 cm³/mol. The number of nitrogens with one attached hydrogen (secondary N) is 2. The molecular weight excluding hydrogens is 320 g/mol. The molecular formula is C19H18N2O4. The second-order valence-corrected chi connectivity index (χ2v) is 5.55. The second kappa shape index (κ2) is 7.53. The molecule has 0 aliphatic rings. The Balaban J connectivity index is 1.50. The molecule has 1 amide bonds. The van der Waals surface area contributed by atoms with Crippen molar-refractivity contribution in [3.8, 4) is 5.75 Å². The minimum atomic E-state index is -1.09. The van der Waals surface area contributed by atoms with Crippen LogP contribution in [0.5, 0.6) is 5.75 Å². The van der Waals surface area contributed by atoms with Gasteiger partial charge in [-0.05, 0) is 30.2 Å². The van der Waals surface area contributed by atoms with Crippen LogP contribution < -0.4 is 10.1 Å². The fourth-order valence-corrected chi connectivity index (χ4v) is 2.64. The van der Waals surface area contributed by atoms with Gasteiger partial charge in [0.05, 0.1) is 0 Å². The molecule has 0 saturated carbocycles. The maximum absolute atomic E-state index is 11.9. The van der Waals surface area contributed by atoms with Gasteiger partial charge in [0.1, 0.15) is 11.3 Å². The van der Waals surface area contributed by atoms with Crippen LogP contribution in [0.2, 0.25) is 0 Å². The van der Waals surface area contributed by atoms with E-state index < -0.39 is 5.97 Å². The Morgan fingerprint density at radius 3 is 2.68 bits per heavy atom. The number of ether oxygens (including phenoxy) is 1. The minimum absolute atomic E-state index is 0.0362. The summed E-state index contributed by atoms with van der Waals surface area (Å²) in [6.45, 7) is 0.253. The van der Waals surface area contributed by atoms with Crippen LogP contribution in [0.3, 0.4) is 0 Å². The van der Waals surface area contributed by atoms with Crippen molar-refractivity contribution in [2.75, 3.05) is 13.2 Å². The normalized spacial score (nSPS) is 10.6. The summed E-state index contributed by atoms with van der Waals surface area (Å²) in [6, 6.07) is 14.2. The summed E-state index contributed by atoms with van der Waals surface area (Å²) in [5, 5.41) is 13.0. The van der Waals surface area contributed by atoms with Gasteiger partial charge in [0.2, 0.25) is 0 Å². The minimum Gasteiger partial charge on any atom is -0.483 e. The lowest BCUT2D eigenvalue weighted by Gasteiger charge is -2.09. The van der Waals surface area contributed by atoms with Gasteiger partial charge in [-0.2, -0.15) is 0 Å². The molecule has 0 bridgehead atoms. The first-order valence-corrected chi connectivity index (χ1v) is 7.92. The Morgan fingerprint density at radius 1 is 1.08 bits per heavy atom. The number of aromatic carboxylic acids is 1. The van der Waals surface area contributed by atoms with Crippen molar-refractivity contribution in [2.45, 2.75) is 6.42 Å². The third-order valence-electron chi connectivity index (χ3n) is 3.87. The number of amides is 1. The van der Waals surface area contributed by atoms with Gasteiger partial charge in [-0.25, -0.2) is 4.79 Å². The highest BCUT2D eigenvalue weighted by Crippen LogP contribution is 2.18. The van der Waals surface area contributed by atoms with Gasteiger partial charge in [-0.3, -0.25) is 4.79 Å². The Bertz CT molecular complexity index is 901. The third-order valence-corrected chi connectivity index (χ3v) is 3.87. The lowest BCUT2D eigenvalue weighted by Crippen LogP contribution is -2.30.